The molecule has 20 heavy (non-hydrogen) atoms. The maximum absolute atomic E-state index is 9.04. The number of nitrogens with one attached hydrogen (secondary N) is 1. The van der Waals surface area contributed by atoms with Gasteiger partial charge in [0.05, 0.1) is 12.9 Å². The topological polar surface area (TPSA) is 58.1 Å². The van der Waals surface area contributed by atoms with Gasteiger partial charge in [-0.3, -0.25) is 0 Å². The molecule has 0 bridgehead atoms. The van der Waals surface area contributed by atoms with Crippen molar-refractivity contribution in [3.8, 4) is 5.75 Å². The predicted octanol–water partition coefficient (Wildman–Crippen LogP) is 2.59. The minimum Gasteiger partial charge on any atom is -0.494 e. The summed E-state index contributed by atoms with van der Waals surface area (Å²) in [6.07, 6.45) is 6.35. The second-order valence-corrected chi connectivity index (χ2v) is 5.16. The van der Waals surface area contributed by atoms with Crippen molar-refractivity contribution in [3.63, 3.8) is 0 Å². The molecule has 1 aromatic heterocycles. The molecule has 2 aromatic rings. The average molecular weight is 274 g/mol. The number of aliphatic hydroxyl groups is 1. The van der Waals surface area contributed by atoms with Crippen molar-refractivity contribution >= 4 is 0 Å². The zero-order valence-corrected chi connectivity index (χ0v) is 11.9. The van der Waals surface area contributed by atoms with Gasteiger partial charge in [0.25, 0.3) is 0 Å². The summed E-state index contributed by atoms with van der Waals surface area (Å²) < 4.78 is 5.71. The SMILES string of the molecule is CC(CO)Cc1ccc(OCCCc2cnc[nH]2)cc1. The van der Waals surface area contributed by atoms with Gasteiger partial charge in [0, 0.05) is 18.5 Å². The van der Waals surface area contributed by atoms with Crippen molar-refractivity contribution < 1.29 is 9.84 Å². The molecule has 1 atom stereocenters. The second-order valence-electron chi connectivity index (χ2n) is 5.16. The molecular weight excluding hydrogens is 252 g/mol. The number of aromatic amines is 1. The van der Waals surface area contributed by atoms with Crippen LogP contribution in [-0.4, -0.2) is 28.3 Å². The van der Waals surface area contributed by atoms with Crippen LogP contribution in [0.25, 0.3) is 0 Å². The van der Waals surface area contributed by atoms with E-state index in [2.05, 4.69) is 22.1 Å². The highest BCUT2D eigenvalue weighted by Crippen LogP contribution is 2.15. The Morgan fingerprint density at radius 2 is 2.10 bits per heavy atom. The molecule has 108 valence electrons. The van der Waals surface area contributed by atoms with Gasteiger partial charge in [-0.15, -0.1) is 0 Å². The third-order valence-electron chi connectivity index (χ3n) is 3.23. The van der Waals surface area contributed by atoms with Crippen molar-refractivity contribution in [2.75, 3.05) is 13.2 Å². The number of aromatic nitrogens is 2. The predicted molar refractivity (Wildman–Crippen MR) is 78.8 cm³/mol. The van der Waals surface area contributed by atoms with Gasteiger partial charge < -0.3 is 14.8 Å². The van der Waals surface area contributed by atoms with Crippen molar-refractivity contribution in [1.82, 2.24) is 9.97 Å². The molecule has 0 saturated carbocycles. The summed E-state index contributed by atoms with van der Waals surface area (Å²) in [6.45, 7) is 2.97. The number of aliphatic hydroxyl groups excluding tert-OH is 1. The molecule has 4 nitrogen and oxygen atoms in total. The molecule has 0 radical (unpaired) electrons. The van der Waals surface area contributed by atoms with Crippen LogP contribution in [0.2, 0.25) is 0 Å². The van der Waals surface area contributed by atoms with Gasteiger partial charge in [0.1, 0.15) is 5.75 Å². The van der Waals surface area contributed by atoms with E-state index in [9.17, 15) is 0 Å². The van der Waals surface area contributed by atoms with E-state index in [1.165, 1.54) is 5.56 Å². The van der Waals surface area contributed by atoms with Crippen LogP contribution in [0, 0.1) is 5.92 Å². The number of benzene rings is 1. The molecule has 0 amide bonds. The maximum atomic E-state index is 9.04. The molecule has 0 aliphatic rings. The van der Waals surface area contributed by atoms with Crippen LogP contribution in [-0.2, 0) is 12.8 Å². The fourth-order valence-electron chi connectivity index (χ4n) is 2.06. The number of imidazole rings is 1. The summed E-state index contributed by atoms with van der Waals surface area (Å²) in [4.78, 5) is 7.07. The fraction of sp³-hybridized carbons (Fsp3) is 0.438. The molecule has 1 aromatic carbocycles. The number of hydrogen-bond acceptors (Lipinski definition) is 3. The smallest absolute Gasteiger partial charge is 0.119 e. The Hall–Kier alpha value is -1.81. The Morgan fingerprint density at radius 1 is 1.30 bits per heavy atom. The van der Waals surface area contributed by atoms with Crippen LogP contribution in [0.1, 0.15) is 24.6 Å². The van der Waals surface area contributed by atoms with E-state index in [1.54, 1.807) is 6.33 Å². The van der Waals surface area contributed by atoms with Crippen LogP contribution in [0.3, 0.4) is 0 Å². The van der Waals surface area contributed by atoms with Gasteiger partial charge >= 0.3 is 0 Å². The minimum atomic E-state index is 0.228. The van der Waals surface area contributed by atoms with Gasteiger partial charge in [-0.1, -0.05) is 19.1 Å². The van der Waals surface area contributed by atoms with E-state index in [-0.39, 0.29) is 6.61 Å². The summed E-state index contributed by atoms with van der Waals surface area (Å²) in [7, 11) is 0. The van der Waals surface area contributed by atoms with Crippen LogP contribution in [0.5, 0.6) is 5.75 Å². The number of aryl methyl sites for hydroxylation is 1. The summed E-state index contributed by atoms with van der Waals surface area (Å²) in [5, 5.41) is 9.04. The molecule has 1 heterocycles. The molecule has 4 heteroatoms. The summed E-state index contributed by atoms with van der Waals surface area (Å²) in [5.74, 6) is 1.20. The summed E-state index contributed by atoms with van der Waals surface area (Å²) >= 11 is 0. The standard InChI is InChI=1S/C16H22N2O2/c1-13(11-19)9-14-4-6-16(7-5-14)20-8-2-3-15-10-17-12-18-15/h4-7,10,12-13,19H,2-3,8-9,11H2,1H3,(H,17,18). The van der Waals surface area contributed by atoms with E-state index >= 15 is 0 Å². The third kappa shape index (κ3) is 4.70. The molecule has 0 aliphatic carbocycles. The first-order chi connectivity index (χ1) is 9.78. The van der Waals surface area contributed by atoms with E-state index in [4.69, 9.17) is 9.84 Å². The molecule has 2 rings (SSSR count). The molecule has 0 saturated heterocycles. The van der Waals surface area contributed by atoms with E-state index < -0.39 is 0 Å². The normalized spacial score (nSPS) is 12.3. The lowest BCUT2D eigenvalue weighted by atomic mass is 10.0. The van der Waals surface area contributed by atoms with Crippen molar-refractivity contribution in [2.45, 2.75) is 26.2 Å². The Kier molecular flexibility index (Phi) is 5.62. The first-order valence-corrected chi connectivity index (χ1v) is 7.08. The van der Waals surface area contributed by atoms with Crippen LogP contribution < -0.4 is 4.74 Å². The Bertz CT molecular complexity index is 480. The number of ether oxygens (including phenoxy) is 1. The van der Waals surface area contributed by atoms with Crippen LogP contribution in [0.4, 0.5) is 0 Å². The van der Waals surface area contributed by atoms with Crippen LogP contribution >= 0.6 is 0 Å². The average Bonchev–Trinajstić information content (AvgIpc) is 2.98. The summed E-state index contributed by atoms with van der Waals surface area (Å²) in [6, 6.07) is 8.12. The molecular formula is C16H22N2O2. The Labute approximate surface area is 119 Å². The Morgan fingerprint density at radius 3 is 2.75 bits per heavy atom. The van der Waals surface area contributed by atoms with Crippen molar-refractivity contribution in [2.24, 2.45) is 5.92 Å². The van der Waals surface area contributed by atoms with Gasteiger partial charge in [0.2, 0.25) is 0 Å². The molecule has 1 unspecified atom stereocenters. The first kappa shape index (κ1) is 14.6. The number of H-pyrrole nitrogens is 1. The first-order valence-electron chi connectivity index (χ1n) is 7.08. The van der Waals surface area contributed by atoms with E-state index in [0.29, 0.717) is 12.5 Å². The minimum absolute atomic E-state index is 0.228. The lowest BCUT2D eigenvalue weighted by molar-refractivity contribution is 0.237. The number of hydrogen-bond donors (Lipinski definition) is 2. The van der Waals surface area contributed by atoms with Gasteiger partial charge in [-0.25, -0.2) is 4.98 Å². The van der Waals surface area contributed by atoms with Crippen molar-refractivity contribution in [3.05, 3.63) is 48.0 Å². The zero-order chi connectivity index (χ0) is 14.2. The number of rotatable bonds is 8. The summed E-state index contributed by atoms with van der Waals surface area (Å²) in [5.41, 5.74) is 2.37. The van der Waals surface area contributed by atoms with Crippen molar-refractivity contribution in [1.29, 1.82) is 0 Å². The lowest BCUT2D eigenvalue weighted by Gasteiger charge is -2.09. The highest BCUT2D eigenvalue weighted by atomic mass is 16.5. The highest BCUT2D eigenvalue weighted by Gasteiger charge is 2.02. The molecule has 0 aliphatic heterocycles. The van der Waals surface area contributed by atoms with E-state index in [1.807, 2.05) is 25.3 Å². The van der Waals surface area contributed by atoms with E-state index in [0.717, 1.165) is 30.7 Å². The maximum Gasteiger partial charge on any atom is 0.119 e. The molecule has 0 spiro atoms. The highest BCUT2D eigenvalue weighted by molar-refractivity contribution is 5.27. The van der Waals surface area contributed by atoms with Gasteiger partial charge in [-0.05, 0) is 42.9 Å². The largest absolute Gasteiger partial charge is 0.494 e. The Balaban J connectivity index is 1.70. The quantitative estimate of drug-likeness (QED) is 0.727. The lowest BCUT2D eigenvalue weighted by Crippen LogP contribution is -2.04. The monoisotopic (exact) mass is 274 g/mol. The fourth-order valence-corrected chi connectivity index (χ4v) is 2.06. The van der Waals surface area contributed by atoms with Gasteiger partial charge in [-0.2, -0.15) is 0 Å². The number of nitrogens with zero attached hydrogens (tertiary/aromatic N) is 1. The molecule has 2 N–H and O–H groups in total. The van der Waals surface area contributed by atoms with Gasteiger partial charge in [0.15, 0.2) is 0 Å². The van der Waals surface area contributed by atoms with Crippen LogP contribution in [0.15, 0.2) is 36.8 Å². The second kappa shape index (κ2) is 7.70. The third-order valence-corrected chi connectivity index (χ3v) is 3.23. The molecule has 0 fully saturated rings. The zero-order valence-electron chi connectivity index (χ0n) is 11.9.